The number of benzene rings is 2. The molecule has 1 atom stereocenters. The topological polar surface area (TPSA) is 56.7 Å². The van der Waals surface area contributed by atoms with E-state index in [1.807, 2.05) is 32.2 Å². The van der Waals surface area contributed by atoms with Crippen molar-refractivity contribution in [3.8, 4) is 11.1 Å². The molecular formula is C32H40FN3O2. The Morgan fingerprint density at radius 2 is 1.89 bits per heavy atom. The van der Waals surface area contributed by atoms with Gasteiger partial charge in [0.25, 0.3) is 0 Å². The van der Waals surface area contributed by atoms with Gasteiger partial charge in [0.15, 0.2) is 0 Å². The number of hydrogen-bond donors (Lipinski definition) is 1. The van der Waals surface area contributed by atoms with E-state index in [2.05, 4.69) is 54.8 Å². The minimum Gasteiger partial charge on any atom is -0.481 e. The number of anilines is 1. The molecule has 0 amide bonds. The monoisotopic (exact) mass is 517 g/mol. The maximum Gasteiger partial charge on any atom is 0.304 e. The second-order valence-electron chi connectivity index (χ2n) is 11.8. The van der Waals surface area contributed by atoms with Crippen LogP contribution in [0.1, 0.15) is 57.2 Å². The second kappa shape index (κ2) is 11.6. The molecule has 2 aromatic carbocycles. The maximum atomic E-state index is 13.7. The quantitative estimate of drug-likeness (QED) is 0.343. The summed E-state index contributed by atoms with van der Waals surface area (Å²) < 4.78 is 13.7. The molecule has 1 aromatic heterocycles. The first-order valence-corrected chi connectivity index (χ1v) is 13.5. The van der Waals surface area contributed by atoms with Crippen molar-refractivity contribution in [1.29, 1.82) is 0 Å². The number of rotatable bonds is 9. The molecule has 38 heavy (non-hydrogen) atoms. The zero-order valence-electron chi connectivity index (χ0n) is 23.2. The van der Waals surface area contributed by atoms with Crippen molar-refractivity contribution in [2.45, 2.75) is 65.5 Å². The summed E-state index contributed by atoms with van der Waals surface area (Å²) in [6.07, 6.45) is 3.01. The number of nitrogens with zero attached hydrogens (tertiary/aromatic N) is 3. The van der Waals surface area contributed by atoms with Gasteiger partial charge in [-0.1, -0.05) is 63.6 Å². The first-order chi connectivity index (χ1) is 18.0. The fourth-order valence-electron chi connectivity index (χ4n) is 5.59. The fourth-order valence-corrected chi connectivity index (χ4v) is 5.59. The van der Waals surface area contributed by atoms with Crippen LogP contribution in [0.25, 0.3) is 11.1 Å². The molecule has 0 spiro atoms. The molecular weight excluding hydrogens is 477 g/mol. The standard InChI is InChI=1S/C32H40FN3O2/c1-22(2)13-29-21-35(20-24-14-23(3)15-27(16-24)32(4,5)18-31(37)38)11-12-36(29)30-10-9-26(19-34-30)25-7-6-8-28(33)17-25/h6-10,14-17,19,22,29H,11-13,18,20-21H2,1-5H3,(H,37,38)/t29-/m1/s1. The van der Waals surface area contributed by atoms with E-state index >= 15 is 0 Å². The number of halogens is 1. The number of aryl methyl sites for hydroxylation is 1. The number of aliphatic carboxylic acids is 1. The Morgan fingerprint density at radius 1 is 1.11 bits per heavy atom. The van der Waals surface area contributed by atoms with Crippen molar-refractivity contribution < 1.29 is 14.3 Å². The average molecular weight is 518 g/mol. The molecule has 1 N–H and O–H groups in total. The lowest BCUT2D eigenvalue weighted by atomic mass is 9.80. The van der Waals surface area contributed by atoms with Crippen molar-refractivity contribution >= 4 is 11.8 Å². The van der Waals surface area contributed by atoms with Crippen molar-refractivity contribution in [3.63, 3.8) is 0 Å². The van der Waals surface area contributed by atoms with E-state index in [1.165, 1.54) is 17.7 Å². The van der Waals surface area contributed by atoms with Crippen molar-refractivity contribution in [1.82, 2.24) is 9.88 Å². The summed E-state index contributed by atoms with van der Waals surface area (Å²) >= 11 is 0. The summed E-state index contributed by atoms with van der Waals surface area (Å²) in [5.41, 5.74) is 4.79. The third kappa shape index (κ3) is 6.98. The molecule has 1 aliphatic rings. The van der Waals surface area contributed by atoms with Gasteiger partial charge in [0.2, 0.25) is 0 Å². The molecule has 4 rings (SSSR count). The number of piperazine rings is 1. The molecule has 0 saturated carbocycles. The highest BCUT2D eigenvalue weighted by Crippen LogP contribution is 2.30. The highest BCUT2D eigenvalue weighted by molar-refractivity contribution is 5.69. The summed E-state index contributed by atoms with van der Waals surface area (Å²) in [5.74, 6) is 0.495. The predicted molar refractivity (Wildman–Crippen MR) is 152 cm³/mol. The third-order valence-electron chi connectivity index (χ3n) is 7.43. The number of carboxylic acids is 1. The molecule has 0 radical (unpaired) electrons. The maximum absolute atomic E-state index is 13.7. The van der Waals surface area contributed by atoms with Crippen LogP contribution >= 0.6 is 0 Å². The highest BCUT2D eigenvalue weighted by atomic mass is 19.1. The van der Waals surface area contributed by atoms with Gasteiger partial charge >= 0.3 is 5.97 Å². The molecule has 6 heteroatoms. The number of carboxylic acid groups (broad SMARTS) is 1. The lowest BCUT2D eigenvalue weighted by molar-refractivity contribution is -0.138. The number of carbonyl (C=O) groups is 1. The molecule has 0 aliphatic carbocycles. The van der Waals surface area contributed by atoms with Crippen molar-refractivity contribution in [2.24, 2.45) is 5.92 Å². The van der Waals surface area contributed by atoms with Crippen LogP contribution in [0.4, 0.5) is 10.2 Å². The van der Waals surface area contributed by atoms with Crippen LogP contribution in [0.3, 0.4) is 0 Å². The Kier molecular flexibility index (Phi) is 8.51. The van der Waals surface area contributed by atoms with Crippen molar-refractivity contribution in [3.05, 3.63) is 83.3 Å². The molecule has 202 valence electrons. The predicted octanol–water partition coefficient (Wildman–Crippen LogP) is 6.69. The Morgan fingerprint density at radius 3 is 2.55 bits per heavy atom. The molecule has 5 nitrogen and oxygen atoms in total. The van der Waals surface area contributed by atoms with E-state index in [9.17, 15) is 14.3 Å². The lowest BCUT2D eigenvalue weighted by Gasteiger charge is -2.43. The minimum atomic E-state index is -0.775. The van der Waals surface area contributed by atoms with Gasteiger partial charge in [-0.3, -0.25) is 9.69 Å². The van der Waals surface area contributed by atoms with E-state index in [4.69, 9.17) is 4.98 Å². The number of aromatic nitrogens is 1. The van der Waals surface area contributed by atoms with Crippen LogP contribution in [0.15, 0.2) is 60.8 Å². The minimum absolute atomic E-state index is 0.107. The lowest BCUT2D eigenvalue weighted by Crippen LogP contribution is -2.53. The highest BCUT2D eigenvalue weighted by Gasteiger charge is 2.29. The Bertz CT molecular complexity index is 1260. The van der Waals surface area contributed by atoms with Crippen LogP contribution in [0.5, 0.6) is 0 Å². The first kappa shape index (κ1) is 27.8. The molecule has 0 unspecified atom stereocenters. The summed E-state index contributed by atoms with van der Waals surface area (Å²) in [6, 6.07) is 17.6. The van der Waals surface area contributed by atoms with Gasteiger partial charge in [-0.15, -0.1) is 0 Å². The van der Waals surface area contributed by atoms with E-state index in [0.717, 1.165) is 60.7 Å². The Hall–Kier alpha value is -3.25. The summed E-state index contributed by atoms with van der Waals surface area (Å²) in [7, 11) is 0. The number of pyridine rings is 1. The van der Waals surface area contributed by atoms with Crippen LogP contribution in [-0.2, 0) is 16.8 Å². The largest absolute Gasteiger partial charge is 0.481 e. The second-order valence-corrected chi connectivity index (χ2v) is 11.8. The van der Waals surface area contributed by atoms with Gasteiger partial charge in [-0.2, -0.15) is 0 Å². The molecule has 3 aromatic rings. The summed E-state index contributed by atoms with van der Waals surface area (Å²) in [6.45, 7) is 14.2. The van der Waals surface area contributed by atoms with Gasteiger partial charge in [-0.05, 0) is 60.2 Å². The zero-order chi connectivity index (χ0) is 27.4. The molecule has 1 fully saturated rings. The van der Waals surface area contributed by atoms with E-state index < -0.39 is 11.4 Å². The van der Waals surface area contributed by atoms with E-state index in [-0.39, 0.29) is 12.2 Å². The van der Waals surface area contributed by atoms with Crippen LogP contribution in [0.2, 0.25) is 0 Å². The molecule has 1 saturated heterocycles. The normalized spacial score (nSPS) is 16.7. The van der Waals surface area contributed by atoms with Crippen molar-refractivity contribution in [2.75, 3.05) is 24.5 Å². The third-order valence-corrected chi connectivity index (χ3v) is 7.43. The summed E-state index contributed by atoms with van der Waals surface area (Å²) in [4.78, 5) is 21.1. The SMILES string of the molecule is Cc1cc(CN2CCN(c3ccc(-c4cccc(F)c4)cn3)[C@H](CC(C)C)C2)cc(C(C)(C)CC(=O)O)c1. The van der Waals surface area contributed by atoms with E-state index in [0.29, 0.717) is 12.0 Å². The summed E-state index contributed by atoms with van der Waals surface area (Å²) in [5, 5.41) is 9.38. The fraction of sp³-hybridized carbons (Fsp3) is 0.438. The van der Waals surface area contributed by atoms with Gasteiger partial charge in [0.1, 0.15) is 11.6 Å². The smallest absolute Gasteiger partial charge is 0.304 e. The van der Waals surface area contributed by atoms with Gasteiger partial charge < -0.3 is 10.0 Å². The van der Waals surface area contributed by atoms with Crippen LogP contribution in [-0.4, -0.2) is 46.6 Å². The van der Waals surface area contributed by atoms with Crippen LogP contribution in [0, 0.1) is 18.7 Å². The van der Waals surface area contributed by atoms with Gasteiger partial charge in [0.05, 0.1) is 6.42 Å². The van der Waals surface area contributed by atoms with Gasteiger partial charge in [-0.25, -0.2) is 9.37 Å². The Labute approximate surface area is 226 Å². The van der Waals surface area contributed by atoms with Crippen LogP contribution < -0.4 is 4.90 Å². The molecule has 2 heterocycles. The van der Waals surface area contributed by atoms with Gasteiger partial charge in [0, 0.05) is 49.4 Å². The zero-order valence-corrected chi connectivity index (χ0v) is 23.2. The average Bonchev–Trinajstić information content (AvgIpc) is 2.83. The number of hydrogen-bond acceptors (Lipinski definition) is 4. The Balaban J connectivity index is 1.50. The first-order valence-electron chi connectivity index (χ1n) is 13.5. The molecule has 1 aliphatic heterocycles. The van der Waals surface area contributed by atoms with E-state index in [1.54, 1.807) is 6.07 Å². The molecule has 0 bridgehead atoms.